The summed E-state index contributed by atoms with van der Waals surface area (Å²) in [6, 6.07) is 5.24. The van der Waals surface area contributed by atoms with Gasteiger partial charge >= 0.3 is 0 Å². The van der Waals surface area contributed by atoms with Crippen LogP contribution in [0.4, 0.5) is 13.2 Å². The van der Waals surface area contributed by atoms with Crippen molar-refractivity contribution in [2.75, 3.05) is 7.05 Å². The van der Waals surface area contributed by atoms with E-state index in [0.717, 1.165) is 18.2 Å². The van der Waals surface area contributed by atoms with E-state index in [0.29, 0.717) is 5.56 Å². The van der Waals surface area contributed by atoms with Gasteiger partial charge in [0.15, 0.2) is 11.6 Å². The highest BCUT2D eigenvalue weighted by atomic mass is 79.9. The number of benzene rings is 2. The molecule has 8 heteroatoms. The predicted molar refractivity (Wildman–Crippen MR) is 104 cm³/mol. The zero-order chi connectivity index (χ0) is 20.7. The van der Waals surface area contributed by atoms with Gasteiger partial charge in [-0.25, -0.2) is 13.2 Å². The van der Waals surface area contributed by atoms with Crippen molar-refractivity contribution in [1.29, 1.82) is 0 Å². The number of hydrogen-bond donors (Lipinski definition) is 0. The standard InChI is InChI=1S/C20H16BrF3N2O2/c1-10(26(3)19(27)11-4-5-15(21)16(22)6-11)14-9-25(2)20(28)13-8-18(24)17(23)7-12(13)14/h4-10H,1-3H3/t10-/m1/s1. The average Bonchev–Trinajstić information content (AvgIpc) is 2.66. The molecule has 0 fully saturated rings. The summed E-state index contributed by atoms with van der Waals surface area (Å²) in [5.41, 5.74) is 0.125. The molecule has 1 amide bonds. The second-order valence-electron chi connectivity index (χ2n) is 6.53. The van der Waals surface area contributed by atoms with Crippen LogP contribution in [0.3, 0.4) is 0 Å². The SMILES string of the molecule is C[C@H](c1cn(C)c(=O)c2cc(F)c(F)cc12)N(C)C(=O)c1ccc(Br)c(F)c1. The first kappa shape index (κ1) is 20.1. The quantitative estimate of drug-likeness (QED) is 0.584. The molecule has 0 unspecified atom stereocenters. The molecule has 0 aliphatic heterocycles. The minimum absolute atomic E-state index is 0.0151. The Labute approximate surface area is 167 Å². The molecule has 28 heavy (non-hydrogen) atoms. The third-order valence-electron chi connectivity index (χ3n) is 4.77. The summed E-state index contributed by atoms with van der Waals surface area (Å²) in [7, 11) is 3.01. The van der Waals surface area contributed by atoms with E-state index in [1.807, 2.05) is 0 Å². The molecule has 0 aliphatic rings. The first-order chi connectivity index (χ1) is 13.1. The Kier molecular flexibility index (Phi) is 5.34. The normalized spacial score (nSPS) is 12.2. The third-order valence-corrected chi connectivity index (χ3v) is 5.42. The Morgan fingerprint density at radius 1 is 1.07 bits per heavy atom. The maximum atomic E-state index is 13.8. The van der Waals surface area contributed by atoms with Crippen molar-refractivity contribution in [3.8, 4) is 0 Å². The van der Waals surface area contributed by atoms with Crippen molar-refractivity contribution in [2.24, 2.45) is 7.05 Å². The lowest BCUT2D eigenvalue weighted by Gasteiger charge is -2.27. The maximum absolute atomic E-state index is 13.8. The van der Waals surface area contributed by atoms with Gasteiger partial charge in [0, 0.05) is 25.9 Å². The third kappa shape index (κ3) is 3.44. The molecule has 3 aromatic rings. The van der Waals surface area contributed by atoms with Gasteiger partial charge in [-0.1, -0.05) is 0 Å². The lowest BCUT2D eigenvalue weighted by Crippen LogP contribution is -2.31. The van der Waals surface area contributed by atoms with Gasteiger partial charge in [-0.3, -0.25) is 9.59 Å². The maximum Gasteiger partial charge on any atom is 0.258 e. The average molecular weight is 453 g/mol. The van der Waals surface area contributed by atoms with E-state index in [4.69, 9.17) is 0 Å². The Morgan fingerprint density at radius 2 is 1.68 bits per heavy atom. The highest BCUT2D eigenvalue weighted by Gasteiger charge is 2.23. The number of halogens is 4. The predicted octanol–water partition coefficient (Wildman–Crippen LogP) is 4.55. The van der Waals surface area contributed by atoms with Crippen molar-refractivity contribution < 1.29 is 18.0 Å². The molecule has 0 radical (unpaired) electrons. The lowest BCUT2D eigenvalue weighted by atomic mass is 10.0. The Balaban J connectivity index is 2.09. The van der Waals surface area contributed by atoms with Gasteiger partial charge in [0.1, 0.15) is 5.82 Å². The summed E-state index contributed by atoms with van der Waals surface area (Å²) in [5, 5.41) is 0.234. The molecule has 0 bridgehead atoms. The van der Waals surface area contributed by atoms with Gasteiger partial charge in [0.25, 0.3) is 11.5 Å². The zero-order valence-corrected chi connectivity index (χ0v) is 16.9. The molecule has 0 saturated heterocycles. The molecule has 1 heterocycles. The van der Waals surface area contributed by atoms with Crippen LogP contribution in [-0.4, -0.2) is 22.4 Å². The van der Waals surface area contributed by atoms with Crippen LogP contribution >= 0.6 is 15.9 Å². The highest BCUT2D eigenvalue weighted by molar-refractivity contribution is 9.10. The molecule has 2 aromatic carbocycles. The zero-order valence-electron chi connectivity index (χ0n) is 15.3. The second kappa shape index (κ2) is 7.43. The Bertz CT molecular complexity index is 1160. The largest absolute Gasteiger partial charge is 0.335 e. The van der Waals surface area contributed by atoms with Crippen LogP contribution in [0.25, 0.3) is 10.8 Å². The first-order valence-corrected chi connectivity index (χ1v) is 9.11. The van der Waals surface area contributed by atoms with Crippen LogP contribution in [0.2, 0.25) is 0 Å². The summed E-state index contributed by atoms with van der Waals surface area (Å²) in [5.74, 6) is -3.23. The van der Waals surface area contributed by atoms with Gasteiger partial charge in [-0.2, -0.15) is 0 Å². The van der Waals surface area contributed by atoms with Crippen LogP contribution in [0, 0.1) is 17.5 Å². The molecule has 3 rings (SSSR count). The number of aryl methyl sites for hydroxylation is 1. The fourth-order valence-corrected chi connectivity index (χ4v) is 3.29. The van der Waals surface area contributed by atoms with Crippen LogP contribution in [-0.2, 0) is 7.05 Å². The number of amides is 1. The number of rotatable bonds is 3. The minimum Gasteiger partial charge on any atom is -0.335 e. The number of carbonyl (C=O) groups excluding carboxylic acids is 1. The second-order valence-corrected chi connectivity index (χ2v) is 7.39. The number of nitrogens with zero attached hydrogens (tertiary/aromatic N) is 2. The van der Waals surface area contributed by atoms with Crippen molar-refractivity contribution in [2.45, 2.75) is 13.0 Å². The fraction of sp³-hybridized carbons (Fsp3) is 0.200. The summed E-state index contributed by atoms with van der Waals surface area (Å²) in [4.78, 5) is 26.4. The number of aromatic nitrogens is 1. The van der Waals surface area contributed by atoms with E-state index < -0.39 is 35.0 Å². The molecular formula is C20H16BrF3N2O2. The molecule has 4 nitrogen and oxygen atoms in total. The van der Waals surface area contributed by atoms with Gasteiger partial charge < -0.3 is 9.47 Å². The van der Waals surface area contributed by atoms with E-state index in [1.165, 1.54) is 41.9 Å². The van der Waals surface area contributed by atoms with E-state index in [-0.39, 0.29) is 20.8 Å². The lowest BCUT2D eigenvalue weighted by molar-refractivity contribution is 0.0742. The number of hydrogen-bond acceptors (Lipinski definition) is 2. The van der Waals surface area contributed by atoms with Crippen molar-refractivity contribution >= 4 is 32.6 Å². The number of carbonyl (C=O) groups is 1. The van der Waals surface area contributed by atoms with E-state index in [2.05, 4.69) is 15.9 Å². The van der Waals surface area contributed by atoms with Gasteiger partial charge in [-0.05, 0) is 64.1 Å². The van der Waals surface area contributed by atoms with Crippen LogP contribution in [0.5, 0.6) is 0 Å². The number of pyridine rings is 1. The van der Waals surface area contributed by atoms with Crippen LogP contribution in [0.15, 0.2) is 45.8 Å². The molecule has 0 spiro atoms. The smallest absolute Gasteiger partial charge is 0.258 e. The highest BCUT2D eigenvalue weighted by Crippen LogP contribution is 2.28. The van der Waals surface area contributed by atoms with E-state index >= 15 is 0 Å². The molecule has 0 aliphatic carbocycles. The molecule has 146 valence electrons. The minimum atomic E-state index is -1.12. The molecular weight excluding hydrogens is 437 g/mol. The van der Waals surface area contributed by atoms with Gasteiger partial charge in [0.05, 0.1) is 15.9 Å². The Hall–Kier alpha value is -2.61. The van der Waals surface area contributed by atoms with E-state index in [1.54, 1.807) is 6.92 Å². The van der Waals surface area contributed by atoms with Crippen LogP contribution in [0.1, 0.15) is 28.9 Å². The molecule has 0 N–H and O–H groups in total. The summed E-state index contributed by atoms with van der Waals surface area (Å²) in [6.45, 7) is 1.69. The monoisotopic (exact) mass is 452 g/mol. The van der Waals surface area contributed by atoms with Crippen molar-refractivity contribution in [3.05, 3.63) is 79.9 Å². The first-order valence-electron chi connectivity index (χ1n) is 8.32. The van der Waals surface area contributed by atoms with Gasteiger partial charge in [-0.15, -0.1) is 0 Å². The molecule has 0 saturated carbocycles. The van der Waals surface area contributed by atoms with E-state index in [9.17, 15) is 22.8 Å². The topological polar surface area (TPSA) is 42.3 Å². The molecule has 1 atom stereocenters. The van der Waals surface area contributed by atoms with Crippen molar-refractivity contribution in [1.82, 2.24) is 9.47 Å². The molecule has 1 aromatic heterocycles. The van der Waals surface area contributed by atoms with Crippen molar-refractivity contribution in [3.63, 3.8) is 0 Å². The van der Waals surface area contributed by atoms with Gasteiger partial charge in [0.2, 0.25) is 0 Å². The summed E-state index contributed by atoms with van der Waals surface area (Å²) in [6.07, 6.45) is 1.48. The summed E-state index contributed by atoms with van der Waals surface area (Å²) >= 11 is 3.04. The summed E-state index contributed by atoms with van der Waals surface area (Å²) < 4.78 is 42.7. The Morgan fingerprint density at radius 3 is 2.29 bits per heavy atom. The fourth-order valence-electron chi connectivity index (χ4n) is 3.04. The van der Waals surface area contributed by atoms with Crippen LogP contribution < -0.4 is 5.56 Å². The number of fused-ring (bicyclic) bond motifs is 1.